The lowest BCUT2D eigenvalue weighted by molar-refractivity contribution is 0.490. The zero-order chi connectivity index (χ0) is 12.2. The summed E-state index contributed by atoms with van der Waals surface area (Å²) in [7, 11) is 0. The van der Waals surface area contributed by atoms with Gasteiger partial charge < -0.3 is 4.42 Å². The maximum absolute atomic E-state index is 5.31. The van der Waals surface area contributed by atoms with Gasteiger partial charge in [0.2, 0.25) is 0 Å². The summed E-state index contributed by atoms with van der Waals surface area (Å²) in [6, 6.07) is 4.05. The fourth-order valence-corrected chi connectivity index (χ4v) is 2.48. The number of hydrogen-bond acceptors (Lipinski definition) is 1. The van der Waals surface area contributed by atoms with Gasteiger partial charge in [-0.2, -0.15) is 0 Å². The third-order valence-corrected chi connectivity index (χ3v) is 3.70. The first-order chi connectivity index (χ1) is 8.43. The van der Waals surface area contributed by atoms with E-state index in [0.29, 0.717) is 0 Å². The topological polar surface area (TPSA) is 13.1 Å². The summed E-state index contributed by atoms with van der Waals surface area (Å²) in [6.07, 6.45) is 15.3. The number of hydrogen-bond donors (Lipinski definition) is 0. The van der Waals surface area contributed by atoms with Gasteiger partial charge in [0.25, 0.3) is 0 Å². The molecule has 0 aliphatic carbocycles. The minimum absolute atomic E-state index is 1.11. The van der Waals surface area contributed by atoms with Gasteiger partial charge in [0, 0.05) is 11.8 Å². The Kier molecular flexibility index (Phi) is 9.49. The van der Waals surface area contributed by atoms with Crippen LogP contribution in [0.5, 0.6) is 0 Å². The van der Waals surface area contributed by atoms with Crippen molar-refractivity contribution in [1.29, 1.82) is 0 Å². The Morgan fingerprint density at radius 1 is 0.824 bits per heavy atom. The van der Waals surface area contributed by atoms with Gasteiger partial charge in [0.15, 0.2) is 0 Å². The summed E-state index contributed by atoms with van der Waals surface area (Å²) in [6.45, 7) is 0. The second kappa shape index (κ2) is 10.9. The van der Waals surface area contributed by atoms with Crippen LogP contribution < -0.4 is 0 Å². The van der Waals surface area contributed by atoms with Crippen molar-refractivity contribution in [3.05, 3.63) is 24.2 Å². The first-order valence-electron chi connectivity index (χ1n) is 7.02. The molecular weight excluding hydrogens is 276 g/mol. The number of alkyl halides is 1. The van der Waals surface area contributed by atoms with Crippen molar-refractivity contribution >= 4 is 15.9 Å². The van der Waals surface area contributed by atoms with E-state index in [4.69, 9.17) is 4.42 Å². The summed E-state index contributed by atoms with van der Waals surface area (Å²) in [5, 5.41) is 1.17. The molecule has 1 nitrogen and oxygen atoms in total. The van der Waals surface area contributed by atoms with Gasteiger partial charge >= 0.3 is 0 Å². The number of rotatable bonds is 11. The zero-order valence-electron chi connectivity index (χ0n) is 10.8. The van der Waals surface area contributed by atoms with E-state index in [1.54, 1.807) is 6.26 Å². The van der Waals surface area contributed by atoms with Crippen LogP contribution in [0.2, 0.25) is 0 Å². The van der Waals surface area contributed by atoms with Crippen molar-refractivity contribution in [2.45, 2.75) is 64.2 Å². The minimum Gasteiger partial charge on any atom is -0.469 e. The molecule has 0 fully saturated rings. The highest BCUT2D eigenvalue weighted by Gasteiger charge is 1.96. The Hall–Kier alpha value is -0.240. The molecule has 0 saturated heterocycles. The number of furan rings is 1. The highest BCUT2D eigenvalue weighted by Crippen LogP contribution is 2.12. The lowest BCUT2D eigenvalue weighted by atomic mass is 10.1. The van der Waals surface area contributed by atoms with E-state index in [1.165, 1.54) is 63.1 Å². The molecule has 17 heavy (non-hydrogen) atoms. The van der Waals surface area contributed by atoms with Crippen molar-refractivity contribution < 1.29 is 4.42 Å². The molecule has 2 heteroatoms. The summed E-state index contributed by atoms with van der Waals surface area (Å²) < 4.78 is 5.31. The van der Waals surface area contributed by atoms with Crippen molar-refractivity contribution in [1.82, 2.24) is 0 Å². The molecule has 0 saturated carbocycles. The Bertz CT molecular complexity index is 243. The molecule has 0 aliphatic rings. The number of aryl methyl sites for hydroxylation is 1. The Morgan fingerprint density at radius 3 is 1.94 bits per heavy atom. The van der Waals surface area contributed by atoms with Crippen molar-refractivity contribution in [3.63, 3.8) is 0 Å². The summed E-state index contributed by atoms with van der Waals surface area (Å²) in [5.41, 5.74) is 0. The van der Waals surface area contributed by atoms with Crippen LogP contribution in [0.15, 0.2) is 22.8 Å². The highest BCUT2D eigenvalue weighted by atomic mass is 79.9. The molecular formula is C15H25BrO. The quantitative estimate of drug-likeness (QED) is 0.376. The molecule has 0 atom stereocenters. The Balaban J connectivity index is 1.76. The molecule has 1 aromatic heterocycles. The van der Waals surface area contributed by atoms with E-state index in [2.05, 4.69) is 22.0 Å². The first-order valence-corrected chi connectivity index (χ1v) is 8.14. The summed E-state index contributed by atoms with van der Waals surface area (Å²) in [5.74, 6) is 1.14. The molecule has 0 unspecified atom stereocenters. The van der Waals surface area contributed by atoms with Crippen molar-refractivity contribution in [3.8, 4) is 0 Å². The molecule has 0 aliphatic heterocycles. The number of unbranched alkanes of at least 4 members (excludes halogenated alkanes) is 8. The predicted molar refractivity (Wildman–Crippen MR) is 77.8 cm³/mol. The fourth-order valence-electron chi connectivity index (χ4n) is 2.09. The lowest BCUT2D eigenvalue weighted by Crippen LogP contribution is -1.84. The molecule has 98 valence electrons. The maximum atomic E-state index is 5.31. The summed E-state index contributed by atoms with van der Waals surface area (Å²) >= 11 is 3.47. The molecule has 1 rings (SSSR count). The van der Waals surface area contributed by atoms with E-state index in [9.17, 15) is 0 Å². The second-order valence-corrected chi connectivity index (χ2v) is 5.49. The van der Waals surface area contributed by atoms with Crippen LogP contribution >= 0.6 is 15.9 Å². The fraction of sp³-hybridized carbons (Fsp3) is 0.733. The molecule has 0 radical (unpaired) electrons. The molecule has 0 N–H and O–H groups in total. The maximum Gasteiger partial charge on any atom is 0.103 e. The average molecular weight is 301 g/mol. The van der Waals surface area contributed by atoms with Gasteiger partial charge in [-0.3, -0.25) is 0 Å². The van der Waals surface area contributed by atoms with E-state index in [1.807, 2.05) is 6.07 Å². The van der Waals surface area contributed by atoms with Gasteiger partial charge in [0.1, 0.15) is 5.76 Å². The third-order valence-electron chi connectivity index (χ3n) is 3.14. The van der Waals surface area contributed by atoms with Crippen LogP contribution in [0, 0.1) is 0 Å². The normalized spacial score (nSPS) is 10.9. The first kappa shape index (κ1) is 14.8. The van der Waals surface area contributed by atoms with Gasteiger partial charge in [0.05, 0.1) is 6.26 Å². The van der Waals surface area contributed by atoms with Crippen LogP contribution in [0.1, 0.15) is 63.5 Å². The molecule has 0 amide bonds. The Morgan fingerprint density at radius 2 is 1.41 bits per heavy atom. The standard InChI is InChI=1S/C15H25BrO/c16-13-9-7-5-3-1-2-4-6-8-11-15-12-10-14-17-15/h10,12,14H,1-9,11,13H2. The predicted octanol–water partition coefficient (Wildman–Crippen LogP) is 5.73. The van der Waals surface area contributed by atoms with Gasteiger partial charge in [-0.15, -0.1) is 0 Å². The lowest BCUT2D eigenvalue weighted by Gasteiger charge is -2.01. The highest BCUT2D eigenvalue weighted by molar-refractivity contribution is 9.09. The van der Waals surface area contributed by atoms with E-state index < -0.39 is 0 Å². The Labute approximate surface area is 114 Å². The second-order valence-electron chi connectivity index (χ2n) is 4.70. The van der Waals surface area contributed by atoms with Crippen LogP contribution in [-0.2, 0) is 6.42 Å². The summed E-state index contributed by atoms with van der Waals surface area (Å²) in [4.78, 5) is 0. The zero-order valence-corrected chi connectivity index (χ0v) is 12.4. The van der Waals surface area contributed by atoms with Crippen LogP contribution in [-0.4, -0.2) is 5.33 Å². The van der Waals surface area contributed by atoms with Gasteiger partial charge in [-0.25, -0.2) is 0 Å². The van der Waals surface area contributed by atoms with E-state index in [-0.39, 0.29) is 0 Å². The smallest absolute Gasteiger partial charge is 0.103 e. The van der Waals surface area contributed by atoms with Gasteiger partial charge in [-0.1, -0.05) is 60.9 Å². The van der Waals surface area contributed by atoms with Crippen LogP contribution in [0.3, 0.4) is 0 Å². The van der Waals surface area contributed by atoms with E-state index in [0.717, 1.165) is 12.2 Å². The largest absolute Gasteiger partial charge is 0.469 e. The molecule has 1 heterocycles. The van der Waals surface area contributed by atoms with Gasteiger partial charge in [-0.05, 0) is 25.0 Å². The van der Waals surface area contributed by atoms with Crippen molar-refractivity contribution in [2.24, 2.45) is 0 Å². The molecule has 0 spiro atoms. The molecule has 0 bridgehead atoms. The monoisotopic (exact) mass is 300 g/mol. The van der Waals surface area contributed by atoms with Crippen LogP contribution in [0.25, 0.3) is 0 Å². The van der Waals surface area contributed by atoms with Crippen LogP contribution in [0.4, 0.5) is 0 Å². The molecule has 1 aromatic rings. The third kappa shape index (κ3) is 8.48. The average Bonchev–Trinajstić information content (AvgIpc) is 2.85. The van der Waals surface area contributed by atoms with E-state index >= 15 is 0 Å². The van der Waals surface area contributed by atoms with Crippen molar-refractivity contribution in [2.75, 3.05) is 5.33 Å². The SMILES string of the molecule is BrCCCCCCCCCCCc1ccco1. The number of halogens is 1. The molecule has 0 aromatic carbocycles. The minimum atomic E-state index is 1.11.